The highest BCUT2D eigenvalue weighted by atomic mass is 32.2. The van der Waals surface area contributed by atoms with Crippen LogP contribution in [0, 0.1) is 0 Å². The maximum absolute atomic E-state index is 12.6. The van der Waals surface area contributed by atoms with Crippen LogP contribution < -0.4 is 14.8 Å². The minimum atomic E-state index is -0.139. The molecule has 34 heavy (non-hydrogen) atoms. The molecule has 174 valence electrons. The molecule has 9 nitrogen and oxygen atoms in total. The lowest BCUT2D eigenvalue weighted by Gasteiger charge is -2.19. The van der Waals surface area contributed by atoms with Crippen LogP contribution in [0.2, 0.25) is 0 Å². The number of carbonyl (C=O) groups excluding carboxylic acids is 1. The fourth-order valence-corrected chi connectivity index (χ4v) is 4.59. The van der Waals surface area contributed by atoms with Gasteiger partial charge >= 0.3 is 0 Å². The normalized spacial score (nSPS) is 12.5. The topological polar surface area (TPSA) is 96.1 Å². The number of rotatable bonds is 7. The minimum absolute atomic E-state index is 0.139. The summed E-state index contributed by atoms with van der Waals surface area (Å²) in [5, 5.41) is 17.0. The molecule has 1 aliphatic rings. The first-order valence-corrected chi connectivity index (χ1v) is 12.0. The van der Waals surface area contributed by atoms with Crippen molar-refractivity contribution in [1.82, 2.24) is 24.5 Å². The van der Waals surface area contributed by atoms with E-state index in [1.54, 1.807) is 22.9 Å². The summed E-state index contributed by atoms with van der Waals surface area (Å²) in [6.07, 6.45) is 1.95. The van der Waals surface area contributed by atoms with E-state index in [9.17, 15) is 4.79 Å². The number of nitrogens with one attached hydrogen (secondary N) is 1. The van der Waals surface area contributed by atoms with E-state index in [4.69, 9.17) is 9.47 Å². The molecule has 0 radical (unpaired) electrons. The Labute approximate surface area is 201 Å². The van der Waals surface area contributed by atoms with Gasteiger partial charge in [0.1, 0.15) is 18.9 Å². The van der Waals surface area contributed by atoms with Gasteiger partial charge in [0, 0.05) is 37.1 Å². The van der Waals surface area contributed by atoms with Gasteiger partial charge in [-0.25, -0.2) is 0 Å². The molecular weight excluding hydrogens is 452 g/mol. The van der Waals surface area contributed by atoms with Gasteiger partial charge in [-0.15, -0.1) is 10.2 Å². The first-order chi connectivity index (χ1) is 16.6. The molecule has 0 spiro atoms. The van der Waals surface area contributed by atoms with Crippen molar-refractivity contribution in [2.75, 3.05) is 24.3 Å². The summed E-state index contributed by atoms with van der Waals surface area (Å²) in [7, 11) is 1.89. The number of aromatic nitrogens is 5. The maximum Gasteiger partial charge on any atom is 0.234 e. The fourth-order valence-electron chi connectivity index (χ4n) is 3.79. The Kier molecular flexibility index (Phi) is 6.22. The molecule has 0 saturated carbocycles. The fraction of sp³-hybridized carbons (Fsp3) is 0.250. The third-order valence-electron chi connectivity index (χ3n) is 5.31. The Bertz CT molecular complexity index is 1320. The SMILES string of the molecule is CCn1c(SCC(=O)Nc2ccc3c(c2)OCCO3)nnc1-c1cn(C)nc1-c1ccccc1. The quantitative estimate of drug-likeness (QED) is 0.405. The summed E-state index contributed by atoms with van der Waals surface area (Å²) >= 11 is 1.35. The van der Waals surface area contributed by atoms with Crippen LogP contribution in [0.1, 0.15) is 6.92 Å². The molecule has 0 bridgehead atoms. The molecule has 0 unspecified atom stereocenters. The van der Waals surface area contributed by atoms with Gasteiger partial charge in [-0.1, -0.05) is 42.1 Å². The van der Waals surface area contributed by atoms with Crippen molar-refractivity contribution in [1.29, 1.82) is 0 Å². The second-order valence-corrected chi connectivity index (χ2v) is 8.62. The highest BCUT2D eigenvalue weighted by Gasteiger charge is 2.20. The zero-order valence-corrected chi connectivity index (χ0v) is 19.7. The average molecular weight is 477 g/mol. The van der Waals surface area contributed by atoms with E-state index in [0.717, 1.165) is 22.6 Å². The van der Waals surface area contributed by atoms with Gasteiger partial charge in [0.05, 0.1) is 11.3 Å². The highest BCUT2D eigenvalue weighted by molar-refractivity contribution is 7.99. The van der Waals surface area contributed by atoms with E-state index < -0.39 is 0 Å². The van der Waals surface area contributed by atoms with Crippen LogP contribution in [0.15, 0.2) is 59.9 Å². The molecule has 1 aliphatic heterocycles. The maximum atomic E-state index is 12.6. The molecule has 5 rings (SSSR count). The monoisotopic (exact) mass is 476 g/mol. The molecular formula is C24H24N6O3S. The van der Waals surface area contributed by atoms with E-state index in [1.807, 2.05) is 55.1 Å². The van der Waals surface area contributed by atoms with Crippen molar-refractivity contribution >= 4 is 23.4 Å². The van der Waals surface area contributed by atoms with Gasteiger partial charge < -0.3 is 19.4 Å². The molecule has 4 aromatic rings. The lowest BCUT2D eigenvalue weighted by atomic mass is 10.1. The third-order valence-corrected chi connectivity index (χ3v) is 6.28. The van der Waals surface area contributed by atoms with Crippen LogP contribution >= 0.6 is 11.8 Å². The largest absolute Gasteiger partial charge is 0.486 e. The Morgan fingerprint density at radius 3 is 2.68 bits per heavy atom. The number of carbonyl (C=O) groups is 1. The van der Waals surface area contributed by atoms with Gasteiger partial charge in [0.2, 0.25) is 5.91 Å². The van der Waals surface area contributed by atoms with Crippen molar-refractivity contribution in [2.45, 2.75) is 18.6 Å². The lowest BCUT2D eigenvalue weighted by Crippen LogP contribution is -2.17. The van der Waals surface area contributed by atoms with E-state index in [1.165, 1.54) is 11.8 Å². The van der Waals surface area contributed by atoms with Crippen LogP contribution in [0.3, 0.4) is 0 Å². The van der Waals surface area contributed by atoms with Gasteiger partial charge in [0.15, 0.2) is 22.5 Å². The average Bonchev–Trinajstić information content (AvgIpc) is 3.45. The van der Waals surface area contributed by atoms with Crippen molar-refractivity contribution in [3.8, 4) is 34.1 Å². The smallest absolute Gasteiger partial charge is 0.234 e. The summed E-state index contributed by atoms with van der Waals surface area (Å²) in [5.74, 6) is 2.11. The second kappa shape index (κ2) is 9.60. The van der Waals surface area contributed by atoms with Gasteiger partial charge in [-0.05, 0) is 19.1 Å². The number of fused-ring (bicyclic) bond motifs is 1. The number of hydrogen-bond donors (Lipinski definition) is 1. The lowest BCUT2D eigenvalue weighted by molar-refractivity contribution is -0.113. The molecule has 0 aliphatic carbocycles. The predicted molar refractivity (Wildman–Crippen MR) is 130 cm³/mol. The molecule has 0 saturated heterocycles. The zero-order chi connectivity index (χ0) is 23.5. The molecule has 1 N–H and O–H groups in total. The van der Waals surface area contributed by atoms with Crippen LogP contribution in [0.4, 0.5) is 5.69 Å². The Balaban J connectivity index is 1.31. The number of nitrogens with zero attached hydrogens (tertiary/aromatic N) is 5. The van der Waals surface area contributed by atoms with E-state index in [0.29, 0.717) is 42.1 Å². The van der Waals surface area contributed by atoms with Crippen LogP contribution in [-0.4, -0.2) is 49.4 Å². The highest BCUT2D eigenvalue weighted by Crippen LogP contribution is 2.33. The zero-order valence-electron chi connectivity index (χ0n) is 18.9. The number of aryl methyl sites for hydroxylation is 1. The molecule has 3 heterocycles. The van der Waals surface area contributed by atoms with Gasteiger partial charge in [0.25, 0.3) is 0 Å². The molecule has 0 atom stereocenters. The minimum Gasteiger partial charge on any atom is -0.486 e. The number of thioether (sulfide) groups is 1. The van der Waals surface area contributed by atoms with E-state index in [-0.39, 0.29) is 11.7 Å². The van der Waals surface area contributed by atoms with Crippen LogP contribution in [0.5, 0.6) is 11.5 Å². The Morgan fingerprint density at radius 2 is 1.88 bits per heavy atom. The number of anilines is 1. The van der Waals surface area contributed by atoms with E-state index >= 15 is 0 Å². The number of amides is 1. The third kappa shape index (κ3) is 4.49. The van der Waals surface area contributed by atoms with Crippen LogP contribution in [-0.2, 0) is 18.4 Å². The molecule has 0 fully saturated rings. The van der Waals surface area contributed by atoms with Crippen LogP contribution in [0.25, 0.3) is 22.6 Å². The van der Waals surface area contributed by atoms with Crippen molar-refractivity contribution < 1.29 is 14.3 Å². The molecule has 10 heteroatoms. The predicted octanol–water partition coefficient (Wildman–Crippen LogP) is 3.87. The standard InChI is InChI=1S/C24H24N6O3S/c1-3-30-23(18-14-29(2)28-22(18)16-7-5-4-6-8-16)26-27-24(30)34-15-21(31)25-17-9-10-19-20(13-17)33-12-11-32-19/h4-10,13-14H,3,11-12,15H2,1-2H3,(H,25,31). The summed E-state index contributed by atoms with van der Waals surface area (Å²) in [5.41, 5.74) is 3.42. The van der Waals surface area contributed by atoms with Crippen molar-refractivity contribution in [2.24, 2.45) is 7.05 Å². The number of benzene rings is 2. The second-order valence-electron chi connectivity index (χ2n) is 7.68. The Morgan fingerprint density at radius 1 is 1.09 bits per heavy atom. The molecule has 2 aromatic heterocycles. The van der Waals surface area contributed by atoms with Gasteiger partial charge in [-0.2, -0.15) is 5.10 Å². The first-order valence-electron chi connectivity index (χ1n) is 11.0. The summed E-state index contributed by atoms with van der Waals surface area (Å²) < 4.78 is 14.9. The number of ether oxygens (including phenoxy) is 2. The van der Waals surface area contributed by atoms with E-state index in [2.05, 4.69) is 20.6 Å². The summed E-state index contributed by atoms with van der Waals surface area (Å²) in [6, 6.07) is 15.4. The van der Waals surface area contributed by atoms with Crippen molar-refractivity contribution in [3.63, 3.8) is 0 Å². The summed E-state index contributed by atoms with van der Waals surface area (Å²) in [6.45, 7) is 3.72. The molecule has 1 amide bonds. The summed E-state index contributed by atoms with van der Waals surface area (Å²) in [4.78, 5) is 12.6. The number of hydrogen-bond acceptors (Lipinski definition) is 7. The van der Waals surface area contributed by atoms with Crippen molar-refractivity contribution in [3.05, 3.63) is 54.7 Å². The Hall–Kier alpha value is -3.79. The first kappa shape index (κ1) is 22.0. The molecule has 2 aromatic carbocycles. The van der Waals surface area contributed by atoms with Gasteiger partial charge in [-0.3, -0.25) is 9.48 Å².